The van der Waals surface area contributed by atoms with E-state index in [1.807, 2.05) is 6.07 Å². The number of aromatic hydroxyl groups is 1. The molecule has 0 radical (unpaired) electrons. The molecule has 0 saturated carbocycles. The smallest absolute Gasteiger partial charge is 0.119 e. The number of hydrogen-bond donors (Lipinski definition) is 2. The van der Waals surface area contributed by atoms with E-state index in [0.29, 0.717) is 11.8 Å². The van der Waals surface area contributed by atoms with Gasteiger partial charge in [0.25, 0.3) is 0 Å². The number of hydrogen-bond acceptors (Lipinski definition) is 3. The highest BCUT2D eigenvalue weighted by molar-refractivity contribution is 5.44. The molecule has 0 aromatic heterocycles. The number of fused-ring (bicyclic) bond motifs is 1. The summed E-state index contributed by atoms with van der Waals surface area (Å²) in [6.45, 7) is 6.64. The normalized spacial score (nSPS) is 18.9. The van der Waals surface area contributed by atoms with Crippen LogP contribution in [0.25, 0.3) is 0 Å². The van der Waals surface area contributed by atoms with E-state index in [2.05, 4.69) is 44.2 Å². The second kappa shape index (κ2) is 5.51. The van der Waals surface area contributed by atoms with Crippen molar-refractivity contribution < 1.29 is 5.11 Å². The van der Waals surface area contributed by atoms with Crippen LogP contribution in [0.1, 0.15) is 37.4 Å². The van der Waals surface area contributed by atoms with E-state index in [1.165, 1.54) is 5.56 Å². The molecule has 0 fully saturated rings. The lowest BCUT2D eigenvalue weighted by molar-refractivity contribution is 0.225. The van der Waals surface area contributed by atoms with Gasteiger partial charge in [-0.25, -0.2) is 0 Å². The zero-order valence-electron chi connectivity index (χ0n) is 12.5. The van der Waals surface area contributed by atoms with Gasteiger partial charge in [0.2, 0.25) is 0 Å². The molecule has 1 aromatic carbocycles. The molecule has 2 rings (SSSR count). The fourth-order valence-electron chi connectivity index (χ4n) is 3.16. The van der Waals surface area contributed by atoms with Gasteiger partial charge in [-0.2, -0.15) is 0 Å². The molecule has 1 aliphatic rings. The topological polar surface area (TPSA) is 35.5 Å². The zero-order chi connectivity index (χ0) is 14.0. The summed E-state index contributed by atoms with van der Waals surface area (Å²) >= 11 is 0. The third kappa shape index (κ3) is 3.48. The first-order valence-electron chi connectivity index (χ1n) is 7.08. The Kier molecular flexibility index (Phi) is 4.16. The summed E-state index contributed by atoms with van der Waals surface area (Å²) in [7, 11) is 4.23. The average Bonchev–Trinajstić information content (AvgIpc) is 2.69. The van der Waals surface area contributed by atoms with E-state index in [0.717, 1.165) is 31.5 Å². The lowest BCUT2D eigenvalue weighted by Crippen LogP contribution is -2.38. The van der Waals surface area contributed by atoms with Crippen molar-refractivity contribution in [3.8, 4) is 5.75 Å². The summed E-state index contributed by atoms with van der Waals surface area (Å²) in [6, 6.07) is 6.26. The predicted octanol–water partition coefficient (Wildman–Crippen LogP) is 2.56. The van der Waals surface area contributed by atoms with Crippen LogP contribution >= 0.6 is 0 Å². The van der Waals surface area contributed by atoms with E-state index in [9.17, 15) is 5.11 Å². The minimum atomic E-state index is 0.253. The van der Waals surface area contributed by atoms with Crippen LogP contribution in [0.2, 0.25) is 0 Å². The van der Waals surface area contributed by atoms with Crippen molar-refractivity contribution in [1.29, 1.82) is 0 Å². The summed E-state index contributed by atoms with van der Waals surface area (Å²) in [5.74, 6) is 0.453. The maximum absolute atomic E-state index is 9.86. The first-order valence-corrected chi connectivity index (χ1v) is 7.08. The monoisotopic (exact) mass is 262 g/mol. The van der Waals surface area contributed by atoms with Gasteiger partial charge in [-0.05, 0) is 49.5 Å². The van der Waals surface area contributed by atoms with Crippen molar-refractivity contribution in [3.63, 3.8) is 0 Å². The second-order valence-electron chi connectivity index (χ2n) is 6.72. The Morgan fingerprint density at radius 2 is 2.11 bits per heavy atom. The molecule has 106 valence electrons. The molecule has 0 amide bonds. The van der Waals surface area contributed by atoms with Gasteiger partial charge in [-0.3, -0.25) is 0 Å². The zero-order valence-corrected chi connectivity index (χ0v) is 12.5. The summed E-state index contributed by atoms with van der Waals surface area (Å²) in [6.07, 6.45) is 2.07. The molecule has 0 heterocycles. The molecule has 0 saturated heterocycles. The van der Waals surface area contributed by atoms with Crippen molar-refractivity contribution in [2.45, 2.75) is 32.7 Å². The van der Waals surface area contributed by atoms with Crippen molar-refractivity contribution in [3.05, 3.63) is 29.3 Å². The van der Waals surface area contributed by atoms with E-state index in [4.69, 9.17) is 0 Å². The van der Waals surface area contributed by atoms with Crippen molar-refractivity contribution in [2.24, 2.45) is 5.41 Å². The fourth-order valence-corrected chi connectivity index (χ4v) is 3.16. The molecule has 3 nitrogen and oxygen atoms in total. The third-order valence-electron chi connectivity index (χ3n) is 3.82. The predicted molar refractivity (Wildman–Crippen MR) is 79.5 cm³/mol. The van der Waals surface area contributed by atoms with Gasteiger partial charge in [-0.1, -0.05) is 26.0 Å². The Bertz CT molecular complexity index is 440. The molecule has 3 heteroatoms. The Balaban J connectivity index is 1.98. The molecule has 0 aliphatic heterocycles. The number of phenolic OH excluding ortho intramolecular Hbond substituents is 1. The second-order valence-corrected chi connectivity index (χ2v) is 6.72. The molecule has 0 bridgehead atoms. The maximum Gasteiger partial charge on any atom is 0.119 e. The van der Waals surface area contributed by atoms with Crippen LogP contribution in [-0.4, -0.2) is 37.2 Å². The summed E-state index contributed by atoms with van der Waals surface area (Å²) in [4.78, 5) is 2.23. The Hall–Kier alpha value is -1.06. The first-order chi connectivity index (χ1) is 8.89. The van der Waals surface area contributed by atoms with Gasteiger partial charge in [0, 0.05) is 19.1 Å². The van der Waals surface area contributed by atoms with Crippen molar-refractivity contribution in [1.82, 2.24) is 10.2 Å². The van der Waals surface area contributed by atoms with Crippen LogP contribution in [0.4, 0.5) is 0 Å². The largest absolute Gasteiger partial charge is 0.508 e. The van der Waals surface area contributed by atoms with E-state index < -0.39 is 0 Å². The standard InChI is InChI=1S/C16H26N2O/c1-16(2,11-18(3)4)10-17-14-9-8-13-12(14)6-5-7-15(13)19/h5-7,14,17,19H,8-11H2,1-4H3. The molecule has 0 spiro atoms. The molecule has 2 N–H and O–H groups in total. The van der Waals surface area contributed by atoms with Crippen LogP contribution in [0.3, 0.4) is 0 Å². The average molecular weight is 262 g/mol. The molecule has 1 aromatic rings. The van der Waals surface area contributed by atoms with Crippen LogP contribution in [0, 0.1) is 5.41 Å². The minimum absolute atomic E-state index is 0.253. The maximum atomic E-state index is 9.86. The quantitative estimate of drug-likeness (QED) is 0.856. The molecule has 1 atom stereocenters. The molecule has 1 aliphatic carbocycles. The van der Waals surface area contributed by atoms with Crippen molar-refractivity contribution in [2.75, 3.05) is 27.2 Å². The molecule has 19 heavy (non-hydrogen) atoms. The van der Waals surface area contributed by atoms with Crippen LogP contribution in [0.15, 0.2) is 18.2 Å². The first kappa shape index (κ1) is 14.4. The van der Waals surface area contributed by atoms with E-state index >= 15 is 0 Å². The number of rotatable bonds is 5. The Labute approximate surface area is 116 Å². The summed E-state index contributed by atoms with van der Waals surface area (Å²) in [5, 5.41) is 13.5. The molecular formula is C16H26N2O. The Morgan fingerprint density at radius 1 is 1.37 bits per heavy atom. The highest BCUT2D eigenvalue weighted by Crippen LogP contribution is 2.36. The number of benzene rings is 1. The lowest BCUT2D eigenvalue weighted by atomic mass is 9.92. The minimum Gasteiger partial charge on any atom is -0.508 e. The van der Waals surface area contributed by atoms with Crippen LogP contribution in [-0.2, 0) is 6.42 Å². The third-order valence-corrected chi connectivity index (χ3v) is 3.82. The van der Waals surface area contributed by atoms with Gasteiger partial charge < -0.3 is 15.3 Å². The number of nitrogens with one attached hydrogen (secondary N) is 1. The van der Waals surface area contributed by atoms with Crippen molar-refractivity contribution >= 4 is 0 Å². The van der Waals surface area contributed by atoms with Gasteiger partial charge in [0.05, 0.1) is 0 Å². The van der Waals surface area contributed by atoms with E-state index in [-0.39, 0.29) is 5.41 Å². The summed E-state index contributed by atoms with van der Waals surface area (Å²) < 4.78 is 0. The van der Waals surface area contributed by atoms with Gasteiger partial charge in [0.15, 0.2) is 0 Å². The number of nitrogens with zero attached hydrogens (tertiary/aromatic N) is 1. The SMILES string of the molecule is CN(C)CC(C)(C)CNC1CCc2c(O)cccc21. The fraction of sp³-hybridized carbons (Fsp3) is 0.625. The summed E-state index contributed by atoms with van der Waals surface area (Å²) in [5.41, 5.74) is 2.66. The van der Waals surface area contributed by atoms with Crippen LogP contribution in [0.5, 0.6) is 5.75 Å². The highest BCUT2D eigenvalue weighted by atomic mass is 16.3. The van der Waals surface area contributed by atoms with E-state index in [1.54, 1.807) is 6.07 Å². The molecule has 1 unspecified atom stereocenters. The van der Waals surface area contributed by atoms with Crippen LogP contribution < -0.4 is 5.32 Å². The highest BCUT2D eigenvalue weighted by Gasteiger charge is 2.26. The van der Waals surface area contributed by atoms with Gasteiger partial charge >= 0.3 is 0 Å². The van der Waals surface area contributed by atoms with Gasteiger partial charge in [0.1, 0.15) is 5.75 Å². The Morgan fingerprint density at radius 3 is 2.79 bits per heavy atom. The number of phenols is 1. The van der Waals surface area contributed by atoms with Gasteiger partial charge in [-0.15, -0.1) is 0 Å². The lowest BCUT2D eigenvalue weighted by Gasteiger charge is -2.30. The molecular weight excluding hydrogens is 236 g/mol.